The molecule has 0 unspecified atom stereocenters. The number of halogens is 2. The summed E-state index contributed by atoms with van der Waals surface area (Å²) in [7, 11) is 1.34. The van der Waals surface area contributed by atoms with Crippen LogP contribution in [0, 0.1) is 9.39 Å². The number of rotatable bonds is 7. The normalized spacial score (nSPS) is 10.8. The molecule has 0 spiro atoms. The Bertz CT molecular complexity index is 1310. The Morgan fingerprint density at radius 2 is 2.06 bits per heavy atom. The van der Waals surface area contributed by atoms with E-state index in [1.165, 1.54) is 30.8 Å². The Hall–Kier alpha value is -3.13. The van der Waals surface area contributed by atoms with Gasteiger partial charge in [-0.2, -0.15) is 5.10 Å². The fourth-order valence-electron chi connectivity index (χ4n) is 2.90. The van der Waals surface area contributed by atoms with E-state index in [4.69, 9.17) is 4.74 Å². The fourth-order valence-corrected chi connectivity index (χ4v) is 4.35. The number of fused-ring (bicyclic) bond motifs is 1. The molecule has 0 fully saturated rings. The molecule has 32 heavy (non-hydrogen) atoms. The van der Waals surface area contributed by atoms with Crippen LogP contribution in [0.5, 0.6) is 0 Å². The van der Waals surface area contributed by atoms with Gasteiger partial charge in [-0.1, -0.05) is 6.07 Å². The quantitative estimate of drug-likeness (QED) is 0.231. The average molecular weight is 566 g/mol. The monoisotopic (exact) mass is 566 g/mol. The zero-order valence-corrected chi connectivity index (χ0v) is 19.6. The molecule has 0 saturated carbocycles. The third-order valence-corrected chi connectivity index (χ3v) is 6.37. The summed E-state index contributed by atoms with van der Waals surface area (Å²) >= 11 is 3.21. The SMILES string of the molecule is COC(=O)c1ccc(CNc2n[nH]c3c(C(=O)NCc4ccc(F)c(I)c4)ncnc23)s1. The highest BCUT2D eigenvalue weighted by molar-refractivity contribution is 14.1. The minimum absolute atomic E-state index is 0.149. The van der Waals surface area contributed by atoms with E-state index in [9.17, 15) is 14.0 Å². The van der Waals surface area contributed by atoms with E-state index < -0.39 is 5.91 Å². The lowest BCUT2D eigenvalue weighted by molar-refractivity contribution is 0.0606. The van der Waals surface area contributed by atoms with Gasteiger partial charge in [0.15, 0.2) is 11.5 Å². The minimum Gasteiger partial charge on any atom is -0.465 e. The number of benzene rings is 1. The Morgan fingerprint density at radius 3 is 2.84 bits per heavy atom. The standard InChI is InChI=1S/C20H16FIN6O3S/c1-31-20(30)14-5-3-11(32-14)8-23-18-16-15(27-28-18)17(26-9-25-16)19(29)24-7-10-2-4-12(21)13(22)6-10/h2-6,9H,7-8H2,1H3,(H,24,29)(H2,23,27,28). The first-order valence-corrected chi connectivity index (χ1v) is 11.2. The molecule has 0 bridgehead atoms. The summed E-state index contributed by atoms with van der Waals surface area (Å²) in [6.45, 7) is 0.636. The second-order valence-electron chi connectivity index (χ2n) is 6.56. The van der Waals surface area contributed by atoms with Crippen LogP contribution in [0.3, 0.4) is 0 Å². The number of nitrogens with zero attached hydrogens (tertiary/aromatic N) is 3. The number of nitrogens with one attached hydrogen (secondary N) is 3. The van der Waals surface area contributed by atoms with Gasteiger partial charge < -0.3 is 15.4 Å². The number of aromatic amines is 1. The summed E-state index contributed by atoms with van der Waals surface area (Å²) in [6, 6.07) is 8.16. The zero-order chi connectivity index (χ0) is 22.7. The van der Waals surface area contributed by atoms with Crippen molar-refractivity contribution in [3.8, 4) is 0 Å². The van der Waals surface area contributed by atoms with Gasteiger partial charge in [0, 0.05) is 15.0 Å². The van der Waals surface area contributed by atoms with Crippen molar-refractivity contribution in [1.82, 2.24) is 25.5 Å². The Morgan fingerprint density at radius 1 is 1.22 bits per heavy atom. The van der Waals surface area contributed by atoms with Gasteiger partial charge in [0.1, 0.15) is 28.1 Å². The molecule has 0 saturated heterocycles. The molecule has 0 aliphatic rings. The molecule has 1 amide bonds. The molecule has 0 atom stereocenters. The number of hydrogen-bond donors (Lipinski definition) is 3. The van der Waals surface area contributed by atoms with E-state index in [-0.39, 0.29) is 24.0 Å². The molecule has 0 radical (unpaired) electrons. The van der Waals surface area contributed by atoms with Gasteiger partial charge in [0.2, 0.25) is 0 Å². The molecule has 1 aromatic carbocycles. The van der Waals surface area contributed by atoms with Crippen molar-refractivity contribution < 1.29 is 18.7 Å². The molecule has 4 rings (SSSR count). The van der Waals surface area contributed by atoms with Crippen molar-refractivity contribution in [3.05, 3.63) is 67.1 Å². The first-order valence-electron chi connectivity index (χ1n) is 9.28. The smallest absolute Gasteiger partial charge is 0.348 e. The number of H-pyrrole nitrogens is 1. The first kappa shape index (κ1) is 22.1. The van der Waals surface area contributed by atoms with Gasteiger partial charge in [-0.25, -0.2) is 19.2 Å². The van der Waals surface area contributed by atoms with Crippen LogP contribution in [-0.2, 0) is 17.8 Å². The maximum absolute atomic E-state index is 13.4. The number of carbonyl (C=O) groups excluding carboxylic acids is 2. The highest BCUT2D eigenvalue weighted by atomic mass is 127. The summed E-state index contributed by atoms with van der Waals surface area (Å²) in [5.74, 6) is -0.643. The van der Waals surface area contributed by atoms with Crippen molar-refractivity contribution >= 4 is 62.7 Å². The number of hydrogen-bond acceptors (Lipinski definition) is 8. The third-order valence-electron chi connectivity index (χ3n) is 4.48. The molecule has 164 valence electrons. The van der Waals surface area contributed by atoms with Crippen molar-refractivity contribution in [2.75, 3.05) is 12.4 Å². The maximum Gasteiger partial charge on any atom is 0.348 e. The molecule has 9 nitrogen and oxygen atoms in total. The lowest BCUT2D eigenvalue weighted by Crippen LogP contribution is -2.24. The van der Waals surface area contributed by atoms with Crippen LogP contribution in [0.1, 0.15) is 30.6 Å². The molecule has 3 aromatic heterocycles. The van der Waals surface area contributed by atoms with Crippen molar-refractivity contribution in [2.24, 2.45) is 0 Å². The van der Waals surface area contributed by atoms with Crippen LogP contribution in [0.4, 0.5) is 10.2 Å². The number of carbonyl (C=O) groups is 2. The van der Waals surface area contributed by atoms with Gasteiger partial charge in [-0.05, 0) is 52.4 Å². The molecule has 0 aliphatic carbocycles. The maximum atomic E-state index is 13.4. The topological polar surface area (TPSA) is 122 Å². The highest BCUT2D eigenvalue weighted by Crippen LogP contribution is 2.23. The number of ether oxygens (including phenoxy) is 1. The van der Waals surface area contributed by atoms with E-state index in [1.807, 2.05) is 28.7 Å². The largest absolute Gasteiger partial charge is 0.465 e. The average Bonchev–Trinajstić information content (AvgIpc) is 3.44. The summed E-state index contributed by atoms with van der Waals surface area (Å²) in [6.07, 6.45) is 1.29. The second-order valence-corrected chi connectivity index (χ2v) is 8.89. The van der Waals surface area contributed by atoms with Crippen LogP contribution in [-0.4, -0.2) is 39.2 Å². The van der Waals surface area contributed by atoms with E-state index in [1.54, 1.807) is 18.2 Å². The van der Waals surface area contributed by atoms with Crippen LogP contribution in [0.15, 0.2) is 36.7 Å². The van der Waals surface area contributed by atoms with E-state index in [2.05, 4.69) is 30.8 Å². The third kappa shape index (κ3) is 4.70. The van der Waals surface area contributed by atoms with Gasteiger partial charge in [-0.15, -0.1) is 11.3 Å². The molecule has 3 N–H and O–H groups in total. The molecular weight excluding hydrogens is 550 g/mol. The summed E-state index contributed by atoms with van der Waals surface area (Å²) in [5, 5.41) is 12.9. The lowest BCUT2D eigenvalue weighted by Gasteiger charge is -2.06. The predicted octanol–water partition coefficient (Wildman–Crippen LogP) is 3.49. The Balaban J connectivity index is 1.46. The fraction of sp³-hybridized carbons (Fsp3) is 0.150. The van der Waals surface area contributed by atoms with Gasteiger partial charge >= 0.3 is 5.97 Å². The first-order chi connectivity index (χ1) is 15.5. The van der Waals surface area contributed by atoms with Crippen LogP contribution < -0.4 is 10.6 Å². The van der Waals surface area contributed by atoms with Gasteiger partial charge in [0.25, 0.3) is 5.91 Å². The number of amides is 1. The van der Waals surface area contributed by atoms with Crippen molar-refractivity contribution in [3.63, 3.8) is 0 Å². The number of thiophene rings is 1. The number of esters is 1. The second kappa shape index (κ2) is 9.56. The molecule has 12 heteroatoms. The summed E-state index contributed by atoms with van der Waals surface area (Å²) in [4.78, 5) is 34.0. The highest BCUT2D eigenvalue weighted by Gasteiger charge is 2.18. The molecule has 4 aromatic rings. The number of aromatic nitrogens is 4. The number of anilines is 1. The van der Waals surface area contributed by atoms with Crippen molar-refractivity contribution in [2.45, 2.75) is 13.1 Å². The predicted molar refractivity (Wildman–Crippen MR) is 125 cm³/mol. The Kier molecular flexibility index (Phi) is 6.60. The molecule has 0 aliphatic heterocycles. The van der Waals surface area contributed by atoms with Crippen LogP contribution in [0.2, 0.25) is 0 Å². The van der Waals surface area contributed by atoms with Gasteiger partial charge in [0.05, 0.1) is 13.7 Å². The van der Waals surface area contributed by atoms with E-state index >= 15 is 0 Å². The van der Waals surface area contributed by atoms with Crippen LogP contribution in [0.25, 0.3) is 11.0 Å². The van der Waals surface area contributed by atoms with Crippen LogP contribution >= 0.6 is 33.9 Å². The Labute approximate surface area is 198 Å². The number of methoxy groups -OCH3 is 1. The zero-order valence-electron chi connectivity index (χ0n) is 16.6. The molecular formula is C20H16FIN6O3S. The minimum atomic E-state index is -0.409. The molecule has 3 heterocycles. The van der Waals surface area contributed by atoms with Gasteiger partial charge in [-0.3, -0.25) is 9.89 Å². The van der Waals surface area contributed by atoms with E-state index in [0.717, 1.165) is 10.4 Å². The summed E-state index contributed by atoms with van der Waals surface area (Å²) in [5.41, 5.74) is 1.77. The van der Waals surface area contributed by atoms with Crippen molar-refractivity contribution in [1.29, 1.82) is 0 Å². The lowest BCUT2D eigenvalue weighted by atomic mass is 10.2. The summed E-state index contributed by atoms with van der Waals surface area (Å²) < 4.78 is 18.6. The van der Waals surface area contributed by atoms with E-state index in [0.29, 0.717) is 31.8 Å².